The van der Waals surface area contributed by atoms with Gasteiger partial charge in [0.25, 0.3) is 0 Å². The first-order valence-electron chi connectivity index (χ1n) is 11.0. The van der Waals surface area contributed by atoms with Crippen molar-refractivity contribution in [1.29, 1.82) is 0 Å². The molecule has 174 valence electrons. The molecule has 3 aromatic carbocycles. The molecule has 1 saturated heterocycles. The normalized spacial score (nSPS) is 13.7. The van der Waals surface area contributed by atoms with E-state index in [0.29, 0.717) is 0 Å². The van der Waals surface area contributed by atoms with Crippen molar-refractivity contribution in [2.24, 2.45) is 0 Å². The van der Waals surface area contributed by atoms with E-state index in [1.165, 1.54) is 15.1 Å². The van der Waals surface area contributed by atoms with Crippen LogP contribution < -0.4 is 10.2 Å². The largest absolute Gasteiger partial charge is 0.355 e. The molecule has 1 aliphatic rings. The first-order chi connectivity index (χ1) is 15.6. The number of para-hydroxylation sites is 1. The van der Waals surface area contributed by atoms with Gasteiger partial charge in [-0.3, -0.25) is 0 Å². The van der Waals surface area contributed by atoms with Gasteiger partial charge in [-0.05, 0) is 30.2 Å². The van der Waals surface area contributed by atoms with Gasteiger partial charge in [0.2, 0.25) is 10.0 Å². The smallest absolute Gasteiger partial charge is 0.240 e. The summed E-state index contributed by atoms with van der Waals surface area (Å²) < 4.78 is 26.4. The molecule has 1 aliphatic heterocycles. The third kappa shape index (κ3) is 5.77. The highest BCUT2D eigenvalue weighted by molar-refractivity contribution is 7.90. The summed E-state index contributed by atoms with van der Waals surface area (Å²) in [4.78, 5) is 2.14. The van der Waals surface area contributed by atoms with Crippen LogP contribution in [-0.4, -0.2) is 44.3 Å². The summed E-state index contributed by atoms with van der Waals surface area (Å²) >= 11 is 0. The number of benzene rings is 3. The molecule has 7 heteroatoms. The van der Waals surface area contributed by atoms with Crippen molar-refractivity contribution < 1.29 is 8.42 Å². The van der Waals surface area contributed by atoms with E-state index in [1.807, 2.05) is 42.5 Å². The van der Waals surface area contributed by atoms with E-state index in [4.69, 9.17) is 0 Å². The lowest BCUT2D eigenvalue weighted by molar-refractivity contribution is 0.573. The molecule has 0 amide bonds. The maximum absolute atomic E-state index is 12.5. The number of fused-ring (bicyclic) bond motifs is 1. The third-order valence-corrected chi connectivity index (χ3v) is 7.28. The Bertz CT molecular complexity index is 1220. The summed E-state index contributed by atoms with van der Waals surface area (Å²) in [6, 6.07) is 30.4. The molecule has 0 aliphatic carbocycles. The number of nitrogens with zero attached hydrogens (tertiary/aromatic N) is 2. The van der Waals surface area contributed by atoms with Crippen LogP contribution in [0.25, 0.3) is 22.0 Å². The number of nitrogens with one attached hydrogen (secondary N) is 1. The third-order valence-electron chi connectivity index (χ3n) is 5.61. The monoisotopic (exact) mass is 483 g/mol. The highest BCUT2D eigenvalue weighted by Crippen LogP contribution is 2.29. The second kappa shape index (κ2) is 11.4. The van der Waals surface area contributed by atoms with E-state index in [0.717, 1.165) is 42.9 Å². The van der Waals surface area contributed by atoms with Gasteiger partial charge in [-0.25, -0.2) is 12.4 Å². The highest BCUT2D eigenvalue weighted by atomic mass is 35.5. The molecule has 0 saturated carbocycles. The number of hydrogen-bond acceptors (Lipinski definition) is 4. The number of anilines is 1. The van der Waals surface area contributed by atoms with Crippen molar-refractivity contribution >= 4 is 39.2 Å². The Kier molecular flexibility index (Phi) is 8.55. The number of halogens is 1. The van der Waals surface area contributed by atoms with Crippen molar-refractivity contribution in [2.75, 3.05) is 36.8 Å². The maximum atomic E-state index is 12.5. The molecule has 0 atom stereocenters. The molecule has 33 heavy (non-hydrogen) atoms. The van der Waals surface area contributed by atoms with Gasteiger partial charge in [0.1, 0.15) is 5.82 Å². The predicted molar refractivity (Wildman–Crippen MR) is 141 cm³/mol. The highest BCUT2D eigenvalue weighted by Gasteiger charge is 2.23. The van der Waals surface area contributed by atoms with E-state index in [-0.39, 0.29) is 18.2 Å². The lowest BCUT2D eigenvalue weighted by atomic mass is 10.1. The minimum atomic E-state index is -3.31. The zero-order valence-corrected chi connectivity index (χ0v) is 20.4. The molecule has 0 spiro atoms. The second-order valence-electron chi connectivity index (χ2n) is 7.70. The molecule has 1 N–H and O–H groups in total. The van der Waals surface area contributed by atoms with Crippen LogP contribution in [0.3, 0.4) is 0 Å². The first kappa shape index (κ1) is 24.8. The maximum Gasteiger partial charge on any atom is 0.240 e. The lowest BCUT2D eigenvalue weighted by Crippen LogP contribution is -2.44. The molecule has 5 rings (SSSR count). The fourth-order valence-electron chi connectivity index (χ4n) is 3.91. The van der Waals surface area contributed by atoms with E-state index >= 15 is 0 Å². The van der Waals surface area contributed by atoms with Gasteiger partial charge in [-0.2, -0.15) is 0 Å². The standard InChI is InChI=1S/C14H19N3O2S.C12H10.ClH/c1-2-20(18,19)17-13-6-4-3-5-12(13)11-14(17)16-9-7-15-8-10-16;1-3-7-11(8-4-1)12-9-5-2-6-10-12;/h3-6,11,15H,2,7-10H2,1H3;1-10H;1H. The van der Waals surface area contributed by atoms with Crippen molar-refractivity contribution in [1.82, 2.24) is 9.29 Å². The molecule has 1 aromatic heterocycles. The van der Waals surface area contributed by atoms with Gasteiger partial charge in [0, 0.05) is 31.6 Å². The van der Waals surface area contributed by atoms with Gasteiger partial charge < -0.3 is 10.2 Å². The van der Waals surface area contributed by atoms with Gasteiger partial charge in [0.15, 0.2) is 0 Å². The van der Waals surface area contributed by atoms with Gasteiger partial charge in [-0.1, -0.05) is 78.9 Å². The summed E-state index contributed by atoms with van der Waals surface area (Å²) in [6.45, 7) is 5.11. The molecule has 0 unspecified atom stereocenters. The SMILES string of the molecule is CCS(=O)(=O)n1c(N2CCNCC2)cc2ccccc21.Cl.c1ccc(-c2ccccc2)cc1. The van der Waals surface area contributed by atoms with Crippen LogP contribution in [0.2, 0.25) is 0 Å². The number of aromatic nitrogens is 1. The van der Waals surface area contributed by atoms with Crippen molar-refractivity contribution in [2.45, 2.75) is 6.92 Å². The quantitative estimate of drug-likeness (QED) is 0.442. The Morgan fingerprint density at radius 2 is 1.30 bits per heavy atom. The molecule has 1 fully saturated rings. The van der Waals surface area contributed by atoms with Crippen LogP contribution in [0.4, 0.5) is 5.82 Å². The minimum absolute atomic E-state index is 0. The summed E-state index contributed by atoms with van der Waals surface area (Å²) in [5.74, 6) is 0.889. The van der Waals surface area contributed by atoms with Crippen molar-refractivity contribution in [3.63, 3.8) is 0 Å². The van der Waals surface area contributed by atoms with E-state index in [9.17, 15) is 8.42 Å². The average Bonchev–Trinajstić information content (AvgIpc) is 3.27. The Hall–Kier alpha value is -2.80. The topological polar surface area (TPSA) is 54.3 Å². The second-order valence-corrected chi connectivity index (χ2v) is 9.80. The molecular formula is C26H30ClN3O2S. The van der Waals surface area contributed by atoms with Gasteiger partial charge in [-0.15, -0.1) is 12.4 Å². The first-order valence-corrected chi connectivity index (χ1v) is 12.6. The van der Waals surface area contributed by atoms with E-state index < -0.39 is 10.0 Å². The number of rotatable bonds is 4. The average molecular weight is 484 g/mol. The summed E-state index contributed by atoms with van der Waals surface area (Å²) in [5.41, 5.74) is 3.32. The predicted octanol–water partition coefficient (Wildman–Crippen LogP) is 5.02. The van der Waals surface area contributed by atoms with Crippen LogP contribution in [0.5, 0.6) is 0 Å². The summed E-state index contributed by atoms with van der Waals surface area (Å²) in [6.07, 6.45) is 0. The molecular weight excluding hydrogens is 454 g/mol. The Balaban J connectivity index is 0.000000202. The Labute approximate surface area is 202 Å². The fourth-order valence-corrected chi connectivity index (χ4v) is 5.09. The molecule has 2 heterocycles. The Morgan fingerprint density at radius 3 is 1.85 bits per heavy atom. The fraction of sp³-hybridized carbons (Fsp3) is 0.231. The molecule has 0 radical (unpaired) electrons. The van der Waals surface area contributed by atoms with Crippen LogP contribution in [0, 0.1) is 0 Å². The van der Waals surface area contributed by atoms with Crippen LogP contribution in [0.1, 0.15) is 6.92 Å². The Morgan fingerprint density at radius 1 is 0.788 bits per heavy atom. The molecule has 0 bridgehead atoms. The number of hydrogen-bond donors (Lipinski definition) is 1. The van der Waals surface area contributed by atoms with E-state index in [2.05, 4.69) is 58.7 Å². The van der Waals surface area contributed by atoms with E-state index in [1.54, 1.807) is 6.92 Å². The summed E-state index contributed by atoms with van der Waals surface area (Å²) in [7, 11) is -3.31. The summed E-state index contributed by atoms with van der Waals surface area (Å²) in [5, 5.41) is 4.26. The van der Waals surface area contributed by atoms with Gasteiger partial charge in [0.05, 0.1) is 11.3 Å². The van der Waals surface area contributed by atoms with Gasteiger partial charge >= 0.3 is 0 Å². The zero-order valence-electron chi connectivity index (χ0n) is 18.7. The minimum Gasteiger partial charge on any atom is -0.355 e. The van der Waals surface area contributed by atoms with Crippen LogP contribution >= 0.6 is 12.4 Å². The molecule has 4 aromatic rings. The lowest BCUT2D eigenvalue weighted by Gasteiger charge is -2.30. The van der Waals surface area contributed by atoms with Crippen molar-refractivity contribution in [3.8, 4) is 11.1 Å². The van der Waals surface area contributed by atoms with Crippen LogP contribution in [-0.2, 0) is 10.0 Å². The number of piperazine rings is 1. The molecule has 5 nitrogen and oxygen atoms in total. The van der Waals surface area contributed by atoms with Crippen LogP contribution in [0.15, 0.2) is 91.0 Å². The zero-order chi connectivity index (χ0) is 22.4. The van der Waals surface area contributed by atoms with Crippen molar-refractivity contribution in [3.05, 3.63) is 91.0 Å².